The Morgan fingerprint density at radius 1 is 1.67 bits per heavy atom. The highest BCUT2D eigenvalue weighted by molar-refractivity contribution is 7.10. The monoisotopic (exact) mass is 226 g/mol. The second-order valence-corrected chi connectivity index (χ2v) is 4.64. The lowest BCUT2D eigenvalue weighted by molar-refractivity contribution is -0.122. The van der Waals surface area contributed by atoms with E-state index >= 15 is 0 Å². The van der Waals surface area contributed by atoms with Gasteiger partial charge in [0, 0.05) is 4.88 Å². The van der Waals surface area contributed by atoms with Gasteiger partial charge in [-0.05, 0) is 30.4 Å². The predicted octanol–water partition coefficient (Wildman–Crippen LogP) is 1.80. The number of carbonyl (C=O) groups is 1. The fourth-order valence-corrected chi connectivity index (χ4v) is 2.17. The van der Waals surface area contributed by atoms with Crippen LogP contribution in [-0.4, -0.2) is 11.9 Å². The number of nitrogens with one attached hydrogen (secondary N) is 1. The van der Waals surface area contributed by atoms with Crippen LogP contribution in [0.2, 0.25) is 0 Å². The Hall–Kier alpha value is -0.870. The lowest BCUT2D eigenvalue weighted by atomic mass is 10.1. The molecule has 0 radical (unpaired) electrons. The first-order valence-electron chi connectivity index (χ1n) is 5.21. The minimum atomic E-state index is -0.365. The summed E-state index contributed by atoms with van der Waals surface area (Å²) in [5.74, 6) is -0.0512. The van der Waals surface area contributed by atoms with E-state index in [0.29, 0.717) is 6.54 Å². The van der Waals surface area contributed by atoms with Gasteiger partial charge in [-0.15, -0.1) is 11.3 Å². The van der Waals surface area contributed by atoms with E-state index < -0.39 is 0 Å². The van der Waals surface area contributed by atoms with Crippen LogP contribution in [0.25, 0.3) is 0 Å². The molecular weight excluding hydrogens is 208 g/mol. The average Bonchev–Trinajstić information content (AvgIpc) is 2.61. The van der Waals surface area contributed by atoms with Gasteiger partial charge in [0.25, 0.3) is 0 Å². The maximum atomic E-state index is 11.5. The van der Waals surface area contributed by atoms with Gasteiger partial charge in [-0.2, -0.15) is 0 Å². The van der Waals surface area contributed by atoms with Gasteiger partial charge >= 0.3 is 0 Å². The van der Waals surface area contributed by atoms with Crippen LogP contribution in [0.15, 0.2) is 11.4 Å². The molecule has 0 aliphatic carbocycles. The lowest BCUT2D eigenvalue weighted by Gasteiger charge is -2.10. The third-order valence-electron chi connectivity index (χ3n) is 2.33. The quantitative estimate of drug-likeness (QED) is 0.804. The Balaban J connectivity index is 2.37. The van der Waals surface area contributed by atoms with Crippen LogP contribution in [-0.2, 0) is 11.3 Å². The van der Waals surface area contributed by atoms with Crippen LogP contribution in [0.5, 0.6) is 0 Å². The van der Waals surface area contributed by atoms with Crippen LogP contribution in [0.1, 0.15) is 30.2 Å². The molecule has 1 amide bonds. The number of rotatable bonds is 5. The molecule has 0 aromatic carbocycles. The van der Waals surface area contributed by atoms with Crippen LogP contribution in [0, 0.1) is 6.92 Å². The molecule has 0 aliphatic heterocycles. The van der Waals surface area contributed by atoms with Gasteiger partial charge in [-0.25, -0.2) is 0 Å². The molecule has 0 saturated carbocycles. The Bertz CT molecular complexity index is 322. The smallest absolute Gasteiger partial charge is 0.237 e. The molecule has 84 valence electrons. The van der Waals surface area contributed by atoms with Gasteiger partial charge in [-0.3, -0.25) is 4.79 Å². The zero-order valence-corrected chi connectivity index (χ0v) is 10.1. The van der Waals surface area contributed by atoms with Gasteiger partial charge < -0.3 is 11.1 Å². The van der Waals surface area contributed by atoms with Crippen LogP contribution >= 0.6 is 11.3 Å². The van der Waals surface area contributed by atoms with Crippen molar-refractivity contribution in [1.29, 1.82) is 0 Å². The number of nitrogens with two attached hydrogens (primary N) is 1. The summed E-state index contributed by atoms with van der Waals surface area (Å²) in [4.78, 5) is 12.7. The number of amides is 1. The topological polar surface area (TPSA) is 55.1 Å². The van der Waals surface area contributed by atoms with E-state index in [-0.39, 0.29) is 11.9 Å². The third kappa shape index (κ3) is 3.64. The molecule has 1 atom stereocenters. The van der Waals surface area contributed by atoms with Crippen molar-refractivity contribution in [3.05, 3.63) is 21.9 Å². The van der Waals surface area contributed by atoms with E-state index in [9.17, 15) is 4.79 Å². The molecule has 0 aliphatic rings. The van der Waals surface area contributed by atoms with Crippen LogP contribution in [0.3, 0.4) is 0 Å². The molecule has 3 N–H and O–H groups in total. The van der Waals surface area contributed by atoms with E-state index in [4.69, 9.17) is 5.73 Å². The van der Waals surface area contributed by atoms with E-state index in [1.54, 1.807) is 11.3 Å². The van der Waals surface area contributed by atoms with Crippen molar-refractivity contribution in [3.63, 3.8) is 0 Å². The maximum Gasteiger partial charge on any atom is 0.237 e. The highest BCUT2D eigenvalue weighted by Gasteiger charge is 2.11. The Kier molecular flexibility index (Phi) is 4.78. The maximum absolute atomic E-state index is 11.5. The van der Waals surface area contributed by atoms with Crippen LogP contribution in [0.4, 0.5) is 0 Å². The van der Waals surface area contributed by atoms with Crippen molar-refractivity contribution in [3.8, 4) is 0 Å². The standard InChI is InChI=1S/C11H18N2OS/c1-3-4-9(12)11(14)13-7-10-8(2)5-6-15-10/h5-6,9H,3-4,7,12H2,1-2H3,(H,13,14). The molecule has 15 heavy (non-hydrogen) atoms. The van der Waals surface area contributed by atoms with Crippen molar-refractivity contribution in [2.45, 2.75) is 39.3 Å². The number of carbonyl (C=O) groups excluding carboxylic acids is 1. The number of hydrogen-bond acceptors (Lipinski definition) is 3. The largest absolute Gasteiger partial charge is 0.350 e. The molecule has 1 aromatic heterocycles. The molecule has 1 unspecified atom stereocenters. The second-order valence-electron chi connectivity index (χ2n) is 3.64. The highest BCUT2D eigenvalue weighted by atomic mass is 32.1. The minimum absolute atomic E-state index is 0.0512. The Morgan fingerprint density at radius 3 is 2.93 bits per heavy atom. The molecule has 3 nitrogen and oxygen atoms in total. The normalized spacial score (nSPS) is 12.5. The summed E-state index contributed by atoms with van der Waals surface area (Å²) < 4.78 is 0. The third-order valence-corrected chi connectivity index (χ3v) is 3.35. The number of aryl methyl sites for hydroxylation is 1. The molecule has 0 saturated heterocycles. The van der Waals surface area contributed by atoms with Gasteiger partial charge in [0.1, 0.15) is 0 Å². The van der Waals surface area contributed by atoms with Crippen molar-refractivity contribution >= 4 is 17.2 Å². The Morgan fingerprint density at radius 2 is 2.40 bits per heavy atom. The summed E-state index contributed by atoms with van der Waals surface area (Å²) in [6.45, 7) is 4.67. The predicted molar refractivity (Wildman–Crippen MR) is 63.8 cm³/mol. The first-order chi connectivity index (χ1) is 7.15. The fourth-order valence-electron chi connectivity index (χ4n) is 1.33. The molecular formula is C11H18N2OS. The van der Waals surface area contributed by atoms with E-state index in [2.05, 4.69) is 11.4 Å². The van der Waals surface area contributed by atoms with E-state index in [0.717, 1.165) is 12.8 Å². The molecule has 0 spiro atoms. The molecule has 1 rings (SSSR count). The van der Waals surface area contributed by atoms with Crippen molar-refractivity contribution in [2.75, 3.05) is 0 Å². The van der Waals surface area contributed by atoms with Gasteiger partial charge in [0.05, 0.1) is 12.6 Å². The van der Waals surface area contributed by atoms with Gasteiger partial charge in [0.15, 0.2) is 0 Å². The Labute approximate surface area is 94.7 Å². The SMILES string of the molecule is CCCC(N)C(=O)NCc1sccc1C. The average molecular weight is 226 g/mol. The van der Waals surface area contributed by atoms with Crippen molar-refractivity contribution in [2.24, 2.45) is 5.73 Å². The van der Waals surface area contributed by atoms with Gasteiger partial charge in [-0.1, -0.05) is 13.3 Å². The minimum Gasteiger partial charge on any atom is -0.350 e. The molecule has 0 bridgehead atoms. The molecule has 1 aromatic rings. The van der Waals surface area contributed by atoms with E-state index in [1.807, 2.05) is 19.2 Å². The first-order valence-corrected chi connectivity index (χ1v) is 6.09. The molecule has 0 fully saturated rings. The summed E-state index contributed by atoms with van der Waals surface area (Å²) in [6.07, 6.45) is 1.68. The summed E-state index contributed by atoms with van der Waals surface area (Å²) in [6, 6.07) is 1.69. The summed E-state index contributed by atoms with van der Waals surface area (Å²) >= 11 is 1.66. The number of thiophene rings is 1. The summed E-state index contributed by atoms with van der Waals surface area (Å²) in [5, 5.41) is 4.89. The zero-order chi connectivity index (χ0) is 11.3. The van der Waals surface area contributed by atoms with E-state index in [1.165, 1.54) is 10.4 Å². The highest BCUT2D eigenvalue weighted by Crippen LogP contribution is 2.14. The van der Waals surface area contributed by atoms with Crippen molar-refractivity contribution in [1.82, 2.24) is 5.32 Å². The molecule has 4 heteroatoms. The van der Waals surface area contributed by atoms with Gasteiger partial charge in [0.2, 0.25) is 5.91 Å². The first kappa shape index (κ1) is 12.2. The van der Waals surface area contributed by atoms with Crippen molar-refractivity contribution < 1.29 is 4.79 Å². The van der Waals surface area contributed by atoms with Crippen LogP contribution < -0.4 is 11.1 Å². The summed E-state index contributed by atoms with van der Waals surface area (Å²) in [5.41, 5.74) is 6.92. The molecule has 1 heterocycles. The second kappa shape index (κ2) is 5.88. The fraction of sp³-hybridized carbons (Fsp3) is 0.545. The zero-order valence-electron chi connectivity index (χ0n) is 9.25. The summed E-state index contributed by atoms with van der Waals surface area (Å²) in [7, 11) is 0. The lowest BCUT2D eigenvalue weighted by Crippen LogP contribution is -2.39. The number of hydrogen-bond donors (Lipinski definition) is 2.